The average Bonchev–Trinajstić information content (AvgIpc) is 3.23. The molecule has 2 fully saturated rings. The van der Waals surface area contributed by atoms with Gasteiger partial charge in [-0.15, -0.1) is 0 Å². The zero-order valence-corrected chi connectivity index (χ0v) is 16.4. The predicted octanol–water partition coefficient (Wildman–Crippen LogP) is 2.81. The second-order valence-corrected chi connectivity index (χ2v) is 10.7. The molecule has 0 spiro atoms. The largest absolute Gasteiger partial charge is 0.335 e. The topological polar surface area (TPSA) is 72.3 Å². The molecule has 1 aliphatic heterocycles. The third-order valence-electron chi connectivity index (χ3n) is 5.42. The smallest absolute Gasteiger partial charge is 0.266 e. The van der Waals surface area contributed by atoms with Gasteiger partial charge in [0.1, 0.15) is 4.88 Å². The number of hydrogen-bond donors (Lipinski definition) is 0. The van der Waals surface area contributed by atoms with E-state index >= 15 is 0 Å². The van der Waals surface area contributed by atoms with E-state index in [-0.39, 0.29) is 11.2 Å². The van der Waals surface area contributed by atoms with Gasteiger partial charge >= 0.3 is 0 Å². The summed E-state index contributed by atoms with van der Waals surface area (Å²) in [6, 6.07) is 3.82. The minimum Gasteiger partial charge on any atom is -0.335 e. The van der Waals surface area contributed by atoms with Gasteiger partial charge in [-0.25, -0.2) is 13.4 Å². The first kappa shape index (κ1) is 17.7. The summed E-state index contributed by atoms with van der Waals surface area (Å²) in [4.78, 5) is 19.5. The van der Waals surface area contributed by atoms with E-state index in [0.717, 1.165) is 37.2 Å². The predicted molar refractivity (Wildman–Crippen MR) is 102 cm³/mol. The molecular weight excluding hydrogens is 370 g/mol. The lowest BCUT2D eigenvalue weighted by Gasteiger charge is -2.40. The SMILES string of the molecule is Cc1nc(-n2cccc2)sc1C(=O)N1CC(S(=O)(=O)C2CCCCC2)C1. The van der Waals surface area contributed by atoms with Crippen LogP contribution in [0.3, 0.4) is 0 Å². The minimum atomic E-state index is -3.12. The number of amides is 1. The highest BCUT2D eigenvalue weighted by molar-refractivity contribution is 7.92. The van der Waals surface area contributed by atoms with Gasteiger partial charge in [0, 0.05) is 25.5 Å². The van der Waals surface area contributed by atoms with Gasteiger partial charge in [0.15, 0.2) is 15.0 Å². The number of carbonyl (C=O) groups excluding carboxylic acids is 1. The number of sulfone groups is 1. The Labute approximate surface area is 157 Å². The van der Waals surface area contributed by atoms with Crippen LogP contribution in [0.5, 0.6) is 0 Å². The normalized spacial score (nSPS) is 19.5. The molecule has 0 radical (unpaired) electrons. The first-order valence-corrected chi connectivity index (χ1v) is 11.5. The van der Waals surface area contributed by atoms with Crippen molar-refractivity contribution in [2.75, 3.05) is 13.1 Å². The molecule has 2 aromatic heterocycles. The van der Waals surface area contributed by atoms with E-state index in [2.05, 4.69) is 4.98 Å². The summed E-state index contributed by atoms with van der Waals surface area (Å²) in [7, 11) is -3.12. The van der Waals surface area contributed by atoms with E-state index in [1.54, 1.807) is 4.90 Å². The van der Waals surface area contributed by atoms with Crippen LogP contribution in [0, 0.1) is 6.92 Å². The van der Waals surface area contributed by atoms with Gasteiger partial charge in [0.2, 0.25) is 0 Å². The molecule has 2 aromatic rings. The summed E-state index contributed by atoms with van der Waals surface area (Å²) in [5.41, 5.74) is 0.697. The van der Waals surface area contributed by atoms with Crippen LogP contribution in [0.4, 0.5) is 0 Å². The summed E-state index contributed by atoms with van der Waals surface area (Å²) in [6.45, 7) is 2.45. The first-order valence-electron chi connectivity index (χ1n) is 9.09. The van der Waals surface area contributed by atoms with Gasteiger partial charge in [-0.05, 0) is 31.9 Å². The molecule has 1 saturated carbocycles. The van der Waals surface area contributed by atoms with Crippen LogP contribution in [0.25, 0.3) is 5.13 Å². The van der Waals surface area contributed by atoms with Gasteiger partial charge in [0.05, 0.1) is 16.2 Å². The van der Waals surface area contributed by atoms with Crippen LogP contribution in [0.2, 0.25) is 0 Å². The number of likely N-dealkylation sites (tertiary alicyclic amines) is 1. The molecule has 0 unspecified atom stereocenters. The Bertz CT molecular complexity index is 890. The van der Waals surface area contributed by atoms with Gasteiger partial charge in [-0.1, -0.05) is 30.6 Å². The summed E-state index contributed by atoms with van der Waals surface area (Å²) >= 11 is 1.35. The molecule has 8 heteroatoms. The van der Waals surface area contributed by atoms with Crippen LogP contribution in [-0.2, 0) is 9.84 Å². The van der Waals surface area contributed by atoms with Crippen LogP contribution < -0.4 is 0 Å². The molecule has 4 rings (SSSR count). The van der Waals surface area contributed by atoms with Crippen molar-refractivity contribution in [3.8, 4) is 5.13 Å². The number of aryl methyl sites for hydroxylation is 1. The zero-order valence-electron chi connectivity index (χ0n) is 14.8. The van der Waals surface area contributed by atoms with E-state index in [1.165, 1.54) is 11.3 Å². The van der Waals surface area contributed by atoms with Gasteiger partial charge in [-0.2, -0.15) is 0 Å². The summed E-state index contributed by atoms with van der Waals surface area (Å²) in [5, 5.41) is 0.151. The Balaban J connectivity index is 1.43. The molecule has 0 N–H and O–H groups in total. The monoisotopic (exact) mass is 393 g/mol. The van der Waals surface area contributed by atoms with E-state index in [1.807, 2.05) is 36.0 Å². The number of nitrogens with zero attached hydrogens (tertiary/aromatic N) is 3. The van der Waals surface area contributed by atoms with E-state index < -0.39 is 15.1 Å². The highest BCUT2D eigenvalue weighted by Gasteiger charge is 2.44. The van der Waals surface area contributed by atoms with Crippen molar-refractivity contribution in [3.63, 3.8) is 0 Å². The lowest BCUT2D eigenvalue weighted by molar-refractivity contribution is 0.0662. The van der Waals surface area contributed by atoms with Gasteiger partial charge in [-0.3, -0.25) is 4.79 Å². The van der Waals surface area contributed by atoms with Crippen molar-refractivity contribution in [1.29, 1.82) is 0 Å². The standard InChI is InChI=1S/C18H23N3O3S2/c1-13-16(25-18(19-13)20-9-5-6-10-20)17(22)21-11-15(12-21)26(23,24)14-7-3-2-4-8-14/h5-6,9-10,14-15H,2-4,7-8,11-12H2,1H3. The third kappa shape index (κ3) is 3.09. The Hall–Kier alpha value is -1.67. The number of thiazole rings is 1. The van der Waals surface area contributed by atoms with Crippen molar-refractivity contribution >= 4 is 27.1 Å². The first-order chi connectivity index (χ1) is 12.5. The van der Waals surface area contributed by atoms with Crippen molar-refractivity contribution in [1.82, 2.24) is 14.5 Å². The third-order valence-corrected chi connectivity index (χ3v) is 9.21. The molecule has 0 aromatic carbocycles. The molecular formula is C18H23N3O3S2. The molecule has 140 valence electrons. The maximum absolute atomic E-state index is 12.8. The van der Waals surface area contributed by atoms with E-state index in [0.29, 0.717) is 23.7 Å². The van der Waals surface area contributed by atoms with Crippen molar-refractivity contribution in [2.24, 2.45) is 0 Å². The zero-order chi connectivity index (χ0) is 18.3. The van der Waals surface area contributed by atoms with Gasteiger partial charge in [0.25, 0.3) is 5.91 Å². The fraction of sp³-hybridized carbons (Fsp3) is 0.556. The van der Waals surface area contributed by atoms with Gasteiger partial charge < -0.3 is 9.47 Å². The number of hydrogen-bond acceptors (Lipinski definition) is 5. The Morgan fingerprint density at radius 1 is 1.12 bits per heavy atom. The fourth-order valence-corrected chi connectivity index (χ4v) is 7.09. The van der Waals surface area contributed by atoms with Crippen molar-refractivity contribution in [3.05, 3.63) is 35.1 Å². The molecule has 3 heterocycles. The van der Waals surface area contributed by atoms with Crippen LogP contribution in [0.15, 0.2) is 24.5 Å². The maximum atomic E-state index is 12.8. The van der Waals surface area contributed by atoms with E-state index in [9.17, 15) is 13.2 Å². The molecule has 0 bridgehead atoms. The molecule has 1 saturated heterocycles. The average molecular weight is 394 g/mol. The molecule has 1 aliphatic carbocycles. The minimum absolute atomic E-state index is 0.103. The highest BCUT2D eigenvalue weighted by atomic mass is 32.2. The van der Waals surface area contributed by atoms with Crippen LogP contribution in [0.1, 0.15) is 47.5 Å². The lowest BCUT2D eigenvalue weighted by atomic mass is 10.0. The highest BCUT2D eigenvalue weighted by Crippen LogP contribution is 2.31. The number of carbonyl (C=O) groups is 1. The Morgan fingerprint density at radius 3 is 2.42 bits per heavy atom. The second kappa shape index (κ2) is 6.81. The molecule has 0 atom stereocenters. The quantitative estimate of drug-likeness (QED) is 0.801. The Morgan fingerprint density at radius 2 is 1.77 bits per heavy atom. The van der Waals surface area contributed by atoms with Crippen molar-refractivity contribution < 1.29 is 13.2 Å². The summed E-state index contributed by atoms with van der Waals surface area (Å²) in [5.74, 6) is -0.103. The number of aromatic nitrogens is 2. The number of rotatable bonds is 4. The maximum Gasteiger partial charge on any atom is 0.266 e. The second-order valence-electron chi connectivity index (χ2n) is 7.18. The molecule has 2 aliphatic rings. The summed E-state index contributed by atoms with van der Waals surface area (Å²) in [6.07, 6.45) is 8.48. The Kier molecular flexibility index (Phi) is 4.64. The van der Waals surface area contributed by atoms with Crippen LogP contribution >= 0.6 is 11.3 Å². The van der Waals surface area contributed by atoms with Crippen molar-refractivity contribution in [2.45, 2.75) is 49.5 Å². The lowest BCUT2D eigenvalue weighted by Crippen LogP contribution is -2.58. The molecule has 6 nitrogen and oxygen atoms in total. The summed E-state index contributed by atoms with van der Waals surface area (Å²) < 4.78 is 27.4. The van der Waals surface area contributed by atoms with Crippen LogP contribution in [-0.4, -0.2) is 52.4 Å². The fourth-order valence-electron chi connectivity index (χ4n) is 3.77. The van der Waals surface area contributed by atoms with E-state index in [4.69, 9.17) is 0 Å². The molecule has 1 amide bonds. The molecule has 26 heavy (non-hydrogen) atoms.